The predicted octanol–water partition coefficient (Wildman–Crippen LogP) is 1.73. The molecule has 2 aromatic rings. The highest BCUT2D eigenvalue weighted by atomic mass is 16.2. The topological polar surface area (TPSA) is 79.2 Å². The molecule has 1 aliphatic rings. The normalized spacial score (nSPS) is 17.6. The summed E-state index contributed by atoms with van der Waals surface area (Å²) in [6, 6.07) is 9.22. The SMILES string of the molecule is CC(N)C1CCN(C(=O)c2cc3ccccc3c(=O)[nH]2)CC1. The van der Waals surface area contributed by atoms with E-state index in [1.54, 1.807) is 17.0 Å². The van der Waals surface area contributed by atoms with E-state index in [2.05, 4.69) is 4.98 Å². The number of benzene rings is 1. The van der Waals surface area contributed by atoms with Crippen LogP contribution >= 0.6 is 0 Å². The van der Waals surface area contributed by atoms with Gasteiger partial charge in [-0.25, -0.2) is 0 Å². The molecule has 116 valence electrons. The number of aromatic amines is 1. The molecule has 1 amide bonds. The van der Waals surface area contributed by atoms with Crippen molar-refractivity contribution in [2.45, 2.75) is 25.8 Å². The molecule has 1 unspecified atom stereocenters. The molecule has 5 nitrogen and oxygen atoms in total. The number of piperidine rings is 1. The van der Waals surface area contributed by atoms with Crippen molar-refractivity contribution in [2.75, 3.05) is 13.1 Å². The van der Waals surface area contributed by atoms with E-state index in [0.29, 0.717) is 30.1 Å². The quantitative estimate of drug-likeness (QED) is 0.886. The molecule has 0 bridgehead atoms. The second-order valence-electron chi connectivity index (χ2n) is 6.09. The number of H-pyrrole nitrogens is 1. The van der Waals surface area contributed by atoms with Gasteiger partial charge in [-0.15, -0.1) is 0 Å². The van der Waals surface area contributed by atoms with Gasteiger partial charge in [0.1, 0.15) is 5.69 Å². The Kier molecular flexibility index (Phi) is 3.98. The largest absolute Gasteiger partial charge is 0.337 e. The average molecular weight is 299 g/mol. The fourth-order valence-corrected chi connectivity index (χ4v) is 3.12. The lowest BCUT2D eigenvalue weighted by molar-refractivity contribution is 0.0675. The van der Waals surface area contributed by atoms with Crippen molar-refractivity contribution in [2.24, 2.45) is 11.7 Å². The minimum absolute atomic E-state index is 0.106. The van der Waals surface area contributed by atoms with Gasteiger partial charge in [-0.3, -0.25) is 9.59 Å². The Balaban J connectivity index is 1.83. The van der Waals surface area contributed by atoms with Crippen LogP contribution in [0, 0.1) is 5.92 Å². The summed E-state index contributed by atoms with van der Waals surface area (Å²) in [6.07, 6.45) is 1.84. The van der Waals surface area contributed by atoms with E-state index in [9.17, 15) is 9.59 Å². The maximum absolute atomic E-state index is 12.6. The summed E-state index contributed by atoms with van der Waals surface area (Å²) in [5.74, 6) is 0.366. The zero-order chi connectivity index (χ0) is 15.7. The lowest BCUT2D eigenvalue weighted by Crippen LogP contribution is -2.43. The zero-order valence-corrected chi connectivity index (χ0v) is 12.7. The van der Waals surface area contributed by atoms with Crippen molar-refractivity contribution in [1.29, 1.82) is 0 Å². The maximum Gasteiger partial charge on any atom is 0.270 e. The first-order valence-corrected chi connectivity index (χ1v) is 7.73. The summed E-state index contributed by atoms with van der Waals surface area (Å²) < 4.78 is 0. The van der Waals surface area contributed by atoms with Gasteiger partial charge in [-0.2, -0.15) is 0 Å². The second kappa shape index (κ2) is 5.93. The third-order valence-corrected chi connectivity index (χ3v) is 4.55. The van der Waals surface area contributed by atoms with Crippen LogP contribution in [0.2, 0.25) is 0 Å². The Morgan fingerprint density at radius 2 is 2.00 bits per heavy atom. The first-order chi connectivity index (χ1) is 10.6. The lowest BCUT2D eigenvalue weighted by atomic mass is 9.91. The lowest BCUT2D eigenvalue weighted by Gasteiger charge is -2.33. The predicted molar refractivity (Wildman–Crippen MR) is 86.8 cm³/mol. The second-order valence-corrected chi connectivity index (χ2v) is 6.09. The van der Waals surface area contributed by atoms with Crippen LogP contribution in [0.5, 0.6) is 0 Å². The Hall–Kier alpha value is -2.14. The molecule has 1 fully saturated rings. The average Bonchev–Trinajstić information content (AvgIpc) is 2.54. The van der Waals surface area contributed by atoms with Crippen molar-refractivity contribution < 1.29 is 4.79 Å². The molecule has 0 aliphatic carbocycles. The van der Waals surface area contributed by atoms with Gasteiger partial charge in [0.15, 0.2) is 0 Å². The van der Waals surface area contributed by atoms with Crippen LogP contribution < -0.4 is 11.3 Å². The molecular formula is C17H21N3O2. The van der Waals surface area contributed by atoms with Crippen molar-refractivity contribution in [3.63, 3.8) is 0 Å². The molecule has 2 heterocycles. The Morgan fingerprint density at radius 3 is 2.68 bits per heavy atom. The van der Waals surface area contributed by atoms with Gasteiger partial charge < -0.3 is 15.6 Å². The molecule has 5 heteroatoms. The zero-order valence-electron chi connectivity index (χ0n) is 12.7. The highest BCUT2D eigenvalue weighted by molar-refractivity contribution is 5.96. The van der Waals surface area contributed by atoms with E-state index in [0.717, 1.165) is 18.2 Å². The molecule has 3 rings (SSSR count). The van der Waals surface area contributed by atoms with Crippen LogP contribution in [0.25, 0.3) is 10.8 Å². The number of fused-ring (bicyclic) bond motifs is 1. The molecule has 0 saturated carbocycles. The third kappa shape index (κ3) is 2.76. The summed E-state index contributed by atoms with van der Waals surface area (Å²) in [5.41, 5.74) is 6.08. The summed E-state index contributed by atoms with van der Waals surface area (Å²) >= 11 is 0. The van der Waals surface area contributed by atoms with Crippen LogP contribution in [0.15, 0.2) is 35.1 Å². The minimum atomic E-state index is -0.216. The number of carbonyl (C=O) groups is 1. The smallest absolute Gasteiger partial charge is 0.270 e. The number of rotatable bonds is 2. The molecular weight excluding hydrogens is 278 g/mol. The number of nitrogens with one attached hydrogen (secondary N) is 1. The first kappa shape index (κ1) is 14.8. The number of hydrogen-bond acceptors (Lipinski definition) is 3. The van der Waals surface area contributed by atoms with Gasteiger partial charge >= 0.3 is 0 Å². The molecule has 22 heavy (non-hydrogen) atoms. The molecule has 1 aromatic heterocycles. The standard InChI is InChI=1S/C17H21N3O2/c1-11(18)12-6-8-20(9-7-12)17(22)15-10-13-4-2-3-5-14(13)16(21)19-15/h2-5,10-12H,6-9,18H2,1H3,(H,19,21). The molecule has 1 atom stereocenters. The van der Waals surface area contributed by atoms with E-state index < -0.39 is 0 Å². The molecule has 0 radical (unpaired) electrons. The van der Waals surface area contributed by atoms with Gasteiger partial charge in [0.2, 0.25) is 0 Å². The molecule has 0 spiro atoms. The summed E-state index contributed by atoms with van der Waals surface area (Å²) in [7, 11) is 0. The van der Waals surface area contributed by atoms with Crippen LogP contribution in [-0.4, -0.2) is 34.9 Å². The fourth-order valence-electron chi connectivity index (χ4n) is 3.12. The number of likely N-dealkylation sites (tertiary alicyclic amines) is 1. The van der Waals surface area contributed by atoms with Crippen molar-refractivity contribution in [1.82, 2.24) is 9.88 Å². The van der Waals surface area contributed by atoms with E-state index in [1.807, 2.05) is 25.1 Å². The van der Waals surface area contributed by atoms with Gasteiger partial charge in [0.25, 0.3) is 11.5 Å². The third-order valence-electron chi connectivity index (χ3n) is 4.55. The Morgan fingerprint density at radius 1 is 1.32 bits per heavy atom. The monoisotopic (exact) mass is 299 g/mol. The van der Waals surface area contributed by atoms with Crippen molar-refractivity contribution in [3.8, 4) is 0 Å². The minimum Gasteiger partial charge on any atom is -0.337 e. The van der Waals surface area contributed by atoms with Gasteiger partial charge in [0.05, 0.1) is 0 Å². The molecule has 1 aromatic carbocycles. The van der Waals surface area contributed by atoms with Crippen LogP contribution in [0.4, 0.5) is 0 Å². The maximum atomic E-state index is 12.6. The molecule has 1 saturated heterocycles. The summed E-state index contributed by atoms with van der Waals surface area (Å²) in [4.78, 5) is 29.2. The van der Waals surface area contributed by atoms with Crippen molar-refractivity contribution >= 4 is 16.7 Å². The number of hydrogen-bond donors (Lipinski definition) is 2. The van der Waals surface area contributed by atoms with Gasteiger partial charge in [0, 0.05) is 24.5 Å². The van der Waals surface area contributed by atoms with Gasteiger partial charge in [-0.1, -0.05) is 18.2 Å². The van der Waals surface area contributed by atoms with Crippen LogP contribution in [-0.2, 0) is 0 Å². The highest BCUT2D eigenvalue weighted by Gasteiger charge is 2.26. The van der Waals surface area contributed by atoms with E-state index >= 15 is 0 Å². The summed E-state index contributed by atoms with van der Waals surface area (Å²) in [6.45, 7) is 3.41. The number of nitrogens with zero attached hydrogens (tertiary/aromatic N) is 1. The van der Waals surface area contributed by atoms with Crippen molar-refractivity contribution in [3.05, 3.63) is 46.4 Å². The number of amides is 1. The fraction of sp³-hybridized carbons (Fsp3) is 0.412. The van der Waals surface area contributed by atoms with Gasteiger partial charge in [-0.05, 0) is 43.2 Å². The number of carbonyl (C=O) groups excluding carboxylic acids is 1. The molecule has 3 N–H and O–H groups in total. The van der Waals surface area contributed by atoms with E-state index in [4.69, 9.17) is 5.73 Å². The van der Waals surface area contributed by atoms with E-state index in [-0.39, 0.29) is 17.5 Å². The Bertz CT molecular complexity index is 743. The Labute approximate surface area is 129 Å². The number of aromatic nitrogens is 1. The van der Waals surface area contributed by atoms with E-state index in [1.165, 1.54) is 0 Å². The van der Waals surface area contributed by atoms with Crippen LogP contribution in [0.3, 0.4) is 0 Å². The van der Waals surface area contributed by atoms with Crippen LogP contribution in [0.1, 0.15) is 30.3 Å². The molecule has 1 aliphatic heterocycles. The number of pyridine rings is 1. The number of nitrogens with two attached hydrogens (primary N) is 1. The summed E-state index contributed by atoms with van der Waals surface area (Å²) in [5, 5.41) is 1.40. The first-order valence-electron chi connectivity index (χ1n) is 7.73. The highest BCUT2D eigenvalue weighted by Crippen LogP contribution is 2.21.